The van der Waals surface area contributed by atoms with Crippen LogP contribution in [0.2, 0.25) is 0 Å². The Kier molecular flexibility index (Phi) is 28.3. The fraction of sp³-hybridized carbons (Fsp3) is 0.867. The van der Waals surface area contributed by atoms with Gasteiger partial charge in [-0.15, -0.1) is 0 Å². The monoisotopic (exact) mass is 1110 g/mol. The molecule has 5 fully saturated rings. The predicted octanol–water partition coefficient (Wildman–Crippen LogP) is -8.17. The minimum absolute atomic E-state index is 0.0550. The molecule has 25 atom stereocenters. The third-order valence-corrected chi connectivity index (χ3v) is 13.4. The van der Waals surface area contributed by atoms with Gasteiger partial charge in [0.1, 0.15) is 67.0 Å². The average molecular weight is 1110 g/mol. The van der Waals surface area contributed by atoms with E-state index in [2.05, 4.69) is 22.5 Å². The van der Waals surface area contributed by atoms with Crippen LogP contribution in [0, 0.1) is 11.8 Å². The van der Waals surface area contributed by atoms with Crippen molar-refractivity contribution >= 4 is 23.8 Å². The Labute approximate surface area is 438 Å². The first-order valence-corrected chi connectivity index (χ1v) is 24.5. The van der Waals surface area contributed by atoms with E-state index in [0.717, 1.165) is 6.08 Å². The quantitative estimate of drug-likeness (QED) is 0.0475. The van der Waals surface area contributed by atoms with Crippen LogP contribution in [-0.2, 0) is 66.5 Å². The number of ether oxygens (including phenoxy) is 10. The summed E-state index contributed by atoms with van der Waals surface area (Å²) >= 11 is 0. The Morgan fingerprint density at radius 3 is 1.30 bits per heavy atom. The molecule has 0 aromatic carbocycles. The smallest absolute Gasteiger partial charge is 0.327 e. The number of rotatable bonds is 21. The second-order valence-electron chi connectivity index (χ2n) is 18.6. The summed E-state index contributed by atoms with van der Waals surface area (Å²) in [7, 11) is 2.63. The molecule has 0 bridgehead atoms. The summed E-state index contributed by atoms with van der Waals surface area (Å²) < 4.78 is 56.6. The first-order chi connectivity index (χ1) is 35.9. The van der Waals surface area contributed by atoms with E-state index in [0.29, 0.717) is 6.42 Å². The molecule has 5 heterocycles. The predicted molar refractivity (Wildman–Crippen MR) is 253 cm³/mol. The van der Waals surface area contributed by atoms with E-state index in [9.17, 15) is 70.2 Å². The molecule has 31 nitrogen and oxygen atoms in total. The number of carboxylic acid groups (broad SMARTS) is 2. The molecule has 5 aliphatic heterocycles. The Morgan fingerprint density at radius 1 is 0.566 bits per heavy atom. The van der Waals surface area contributed by atoms with Crippen molar-refractivity contribution < 1.29 is 128 Å². The summed E-state index contributed by atoms with van der Waals surface area (Å²) in [5.41, 5.74) is 12.3. The van der Waals surface area contributed by atoms with Crippen LogP contribution in [0.4, 0.5) is 0 Å². The molecule has 5 aliphatic rings. The van der Waals surface area contributed by atoms with E-state index in [4.69, 9.17) is 69.0 Å². The van der Waals surface area contributed by atoms with Crippen LogP contribution >= 0.6 is 0 Å². The second-order valence-corrected chi connectivity index (χ2v) is 18.6. The minimum Gasteiger partial charge on any atom is -0.481 e. The van der Waals surface area contributed by atoms with Crippen LogP contribution in [0.5, 0.6) is 0 Å². The van der Waals surface area contributed by atoms with Crippen LogP contribution in [-0.4, -0.2) is 280 Å². The highest BCUT2D eigenvalue weighted by Crippen LogP contribution is 2.35. The molecule has 0 spiro atoms. The number of hydrogen-bond acceptors (Lipinski definition) is 27. The lowest BCUT2D eigenvalue weighted by Gasteiger charge is -2.49. The SMILES string of the molecule is C=CC(=O)O.CCC1C(CO)OC(OC2C(CO)OC(OC)C(NC(C)=O)C2O)C(N)C1O.COC1OC(CO)C(OC2OC(CO)C(OC3OC(CO)C(C)C(O)C3NCCC(=O)O)C(O)C2N)C(O)C1NC(C)=O. The molecule has 2 amide bonds. The van der Waals surface area contributed by atoms with Crippen molar-refractivity contribution in [3.05, 3.63) is 12.7 Å². The molecule has 5 rings (SSSR count). The Bertz CT molecular complexity index is 1780. The highest BCUT2D eigenvalue weighted by atomic mass is 16.8. The summed E-state index contributed by atoms with van der Waals surface area (Å²) in [6, 6.07) is -5.37. The highest BCUT2D eigenvalue weighted by Gasteiger charge is 2.54. The zero-order valence-corrected chi connectivity index (χ0v) is 43.1. The number of aliphatic hydroxyl groups excluding tert-OH is 10. The molecule has 0 aromatic rings. The van der Waals surface area contributed by atoms with E-state index >= 15 is 0 Å². The number of hydrogen-bond donors (Lipinski definition) is 17. The lowest BCUT2D eigenvalue weighted by atomic mass is 9.86. The molecule has 76 heavy (non-hydrogen) atoms. The molecule has 5 saturated heterocycles. The summed E-state index contributed by atoms with van der Waals surface area (Å²) in [5.74, 6) is -3.92. The number of aliphatic hydroxyl groups is 10. The molecular weight excluding hydrogens is 1030 g/mol. The van der Waals surface area contributed by atoms with Crippen LogP contribution in [0.3, 0.4) is 0 Å². The molecule has 442 valence electrons. The number of nitrogens with one attached hydrogen (secondary N) is 3. The van der Waals surface area contributed by atoms with Gasteiger partial charge in [-0.2, -0.15) is 0 Å². The summed E-state index contributed by atoms with van der Waals surface area (Å²) in [4.78, 5) is 43.5. The van der Waals surface area contributed by atoms with Gasteiger partial charge >= 0.3 is 11.9 Å². The maximum atomic E-state index is 11.7. The summed E-state index contributed by atoms with van der Waals surface area (Å²) in [6.07, 6.45) is -20.4. The van der Waals surface area contributed by atoms with Crippen LogP contribution in [0.1, 0.15) is 40.5 Å². The van der Waals surface area contributed by atoms with Crippen molar-refractivity contribution in [2.75, 3.05) is 53.8 Å². The van der Waals surface area contributed by atoms with Crippen molar-refractivity contribution in [2.45, 2.75) is 182 Å². The van der Waals surface area contributed by atoms with E-state index in [1.165, 1.54) is 28.1 Å². The van der Waals surface area contributed by atoms with Gasteiger partial charge < -0.3 is 136 Å². The van der Waals surface area contributed by atoms with Crippen molar-refractivity contribution in [3.63, 3.8) is 0 Å². The van der Waals surface area contributed by atoms with E-state index in [-0.39, 0.29) is 25.5 Å². The standard InChI is InChI=1S/C25H45N3O15.C17H32N2O9.C3H4O2/c1-9-11(6-29)39-25(16(18(9)35)27-5-4-14(33)34)43-21-12(7-30)40-23(15(26)19(21)36)42-22-13(8-31)41-24(38-3)17(20(22)37)28-10(2)32;1-4-8-9(5-20)26-16(11(18)13(8)23)28-15-10(6-21)27-17(25-3)12(14(15)24)19-7(2)22;1-2-3(4)5/h9,11-13,15-25,27,29-31,35-37H,4-8,26H2,1-3H3,(H,28,32)(H,33,34);8-17,20-21,23-24H,4-6,18H2,1-3H3,(H,19,22);2H,1H2,(H,4,5). The molecule has 25 unspecified atom stereocenters. The van der Waals surface area contributed by atoms with Gasteiger partial charge in [0.15, 0.2) is 31.5 Å². The van der Waals surface area contributed by atoms with E-state index in [1.807, 2.05) is 6.92 Å². The van der Waals surface area contributed by atoms with Gasteiger partial charge in [0.25, 0.3) is 0 Å². The van der Waals surface area contributed by atoms with Gasteiger partial charge in [-0.25, -0.2) is 4.79 Å². The highest BCUT2D eigenvalue weighted by molar-refractivity contribution is 5.78. The van der Waals surface area contributed by atoms with Crippen molar-refractivity contribution in [1.29, 1.82) is 0 Å². The second kappa shape index (κ2) is 32.1. The zero-order chi connectivity index (χ0) is 57.3. The largest absolute Gasteiger partial charge is 0.481 e. The lowest BCUT2D eigenvalue weighted by molar-refractivity contribution is -0.349. The molecule has 0 radical (unpaired) electrons. The van der Waals surface area contributed by atoms with Gasteiger partial charge in [0.2, 0.25) is 11.8 Å². The zero-order valence-electron chi connectivity index (χ0n) is 43.1. The number of amides is 2. The van der Waals surface area contributed by atoms with Gasteiger partial charge in [-0.05, 0) is 6.42 Å². The minimum atomic E-state index is -1.59. The normalized spacial score (nSPS) is 41.5. The molecule has 0 aliphatic carbocycles. The number of methoxy groups -OCH3 is 2. The fourth-order valence-electron chi connectivity index (χ4n) is 9.31. The number of carbonyl (C=O) groups is 4. The summed E-state index contributed by atoms with van der Waals surface area (Å²) in [6.45, 7) is 6.24. The maximum Gasteiger partial charge on any atom is 0.327 e. The van der Waals surface area contributed by atoms with E-state index in [1.54, 1.807) is 6.92 Å². The van der Waals surface area contributed by atoms with Gasteiger partial charge in [-0.3, -0.25) is 14.4 Å². The Balaban J connectivity index is 0.000000395. The van der Waals surface area contributed by atoms with Crippen molar-refractivity contribution in [1.82, 2.24) is 16.0 Å². The van der Waals surface area contributed by atoms with Crippen LogP contribution in [0.25, 0.3) is 0 Å². The molecular formula is C45H81N5O26. The number of nitrogens with two attached hydrogens (primary N) is 2. The topological polar surface area (TPSA) is 491 Å². The Morgan fingerprint density at radius 2 is 0.934 bits per heavy atom. The third-order valence-electron chi connectivity index (χ3n) is 13.4. The van der Waals surface area contributed by atoms with Gasteiger partial charge in [-0.1, -0.05) is 20.4 Å². The average Bonchev–Trinajstić information content (AvgIpc) is 3.39. The van der Waals surface area contributed by atoms with E-state index < -0.39 is 197 Å². The first kappa shape index (κ1) is 67.0. The number of carbonyl (C=O) groups excluding carboxylic acids is 2. The first-order valence-electron chi connectivity index (χ1n) is 24.5. The van der Waals surface area contributed by atoms with Crippen molar-refractivity contribution in [3.8, 4) is 0 Å². The molecule has 31 heteroatoms. The van der Waals surface area contributed by atoms with Gasteiger partial charge in [0, 0.05) is 52.5 Å². The maximum absolute atomic E-state index is 11.7. The van der Waals surface area contributed by atoms with Crippen LogP contribution in [0.15, 0.2) is 12.7 Å². The molecule has 0 saturated carbocycles. The van der Waals surface area contributed by atoms with Crippen LogP contribution < -0.4 is 27.4 Å². The molecule has 0 aromatic heterocycles. The molecule has 19 N–H and O–H groups in total. The number of carboxylic acids is 2. The summed E-state index contributed by atoms with van der Waals surface area (Å²) in [5, 5.41) is 128. The Hall–Kier alpha value is -3.30. The third kappa shape index (κ3) is 17.3. The lowest BCUT2D eigenvalue weighted by Crippen LogP contribution is -2.69. The number of aliphatic carboxylic acids is 2. The van der Waals surface area contributed by atoms with Gasteiger partial charge in [0.05, 0.1) is 82.0 Å². The van der Waals surface area contributed by atoms with Crippen molar-refractivity contribution in [2.24, 2.45) is 23.3 Å². The fourth-order valence-corrected chi connectivity index (χ4v) is 9.31.